The number of primary amides is 2. The normalized spacial score (nSPS) is 10.2. The zero-order valence-electron chi connectivity index (χ0n) is 10.3. The van der Waals surface area contributed by atoms with Crippen LogP contribution >= 0.6 is 0 Å². The number of hydrogen-bond acceptors (Lipinski definition) is 5. The molecule has 1 heterocycles. The molecule has 0 unspecified atom stereocenters. The van der Waals surface area contributed by atoms with Gasteiger partial charge in [-0.2, -0.15) is 0 Å². The van der Waals surface area contributed by atoms with E-state index in [1.807, 2.05) is 0 Å². The third kappa shape index (κ3) is 4.39. The summed E-state index contributed by atoms with van der Waals surface area (Å²) in [5, 5.41) is 0. The predicted molar refractivity (Wildman–Crippen MR) is 65.6 cm³/mol. The molecule has 0 aliphatic carbocycles. The van der Waals surface area contributed by atoms with E-state index in [-0.39, 0.29) is 5.69 Å². The number of carbonyl (C=O) groups is 3. The summed E-state index contributed by atoms with van der Waals surface area (Å²) in [6.45, 7) is 0.110. The Morgan fingerprint density at radius 1 is 1.21 bits per heavy atom. The van der Waals surface area contributed by atoms with Crippen molar-refractivity contribution in [3.63, 3.8) is 0 Å². The highest BCUT2D eigenvalue weighted by atomic mass is 16.2. The van der Waals surface area contributed by atoms with Crippen LogP contribution in [-0.2, 0) is 16.1 Å². The van der Waals surface area contributed by atoms with Crippen molar-refractivity contribution in [1.82, 2.24) is 14.5 Å². The van der Waals surface area contributed by atoms with Gasteiger partial charge in [0.1, 0.15) is 18.8 Å². The van der Waals surface area contributed by atoms with Crippen LogP contribution in [0.15, 0.2) is 12.5 Å². The largest absolute Gasteiger partial charge is 0.368 e. The number of amides is 3. The van der Waals surface area contributed by atoms with E-state index in [1.54, 1.807) is 4.57 Å². The fourth-order valence-electron chi connectivity index (χ4n) is 1.48. The number of hydrogen-bond donors (Lipinski definition) is 3. The molecule has 9 nitrogen and oxygen atoms in total. The van der Waals surface area contributed by atoms with E-state index >= 15 is 0 Å². The minimum absolute atomic E-state index is 0.0935. The molecule has 0 saturated heterocycles. The average Bonchev–Trinajstić information content (AvgIpc) is 2.75. The Labute approximate surface area is 109 Å². The molecule has 0 aliphatic heterocycles. The summed E-state index contributed by atoms with van der Waals surface area (Å²) in [4.78, 5) is 38.6. The summed E-state index contributed by atoms with van der Waals surface area (Å²) in [7, 11) is 0. The minimum atomic E-state index is -0.740. The maximum absolute atomic E-state index is 12.0. The molecule has 1 aromatic rings. The molecule has 104 valence electrons. The molecular weight excluding hydrogens is 252 g/mol. The van der Waals surface area contributed by atoms with Gasteiger partial charge in [0.25, 0.3) is 5.91 Å². The minimum Gasteiger partial charge on any atom is -0.368 e. The number of carbonyl (C=O) groups excluding carboxylic acids is 3. The van der Waals surface area contributed by atoms with Crippen LogP contribution in [0.3, 0.4) is 0 Å². The van der Waals surface area contributed by atoms with Crippen LogP contribution in [0.25, 0.3) is 0 Å². The highest BCUT2D eigenvalue weighted by molar-refractivity contribution is 5.96. The Bertz CT molecular complexity index is 467. The van der Waals surface area contributed by atoms with Gasteiger partial charge < -0.3 is 26.7 Å². The number of nitrogens with zero attached hydrogens (tertiary/aromatic N) is 3. The number of nitrogens with two attached hydrogens (primary N) is 3. The van der Waals surface area contributed by atoms with Gasteiger partial charge >= 0.3 is 0 Å². The smallest absolute Gasteiger partial charge is 0.274 e. The van der Waals surface area contributed by atoms with Crippen LogP contribution < -0.4 is 17.2 Å². The molecule has 1 rings (SSSR count). The number of rotatable bonds is 7. The highest BCUT2D eigenvalue weighted by Gasteiger charge is 2.21. The zero-order valence-corrected chi connectivity index (χ0v) is 10.3. The standard InChI is InChI=1S/C10H16N6O3/c11-1-2-15-3-7(14-6-15)10(19)16(4-8(12)17)5-9(13)18/h3,6H,1-2,4-5,11H2,(H2,12,17)(H2,13,18). The van der Waals surface area contributed by atoms with Gasteiger partial charge in [-0.15, -0.1) is 0 Å². The van der Waals surface area contributed by atoms with Crippen molar-refractivity contribution >= 4 is 17.7 Å². The molecular formula is C10H16N6O3. The van der Waals surface area contributed by atoms with Crippen molar-refractivity contribution in [2.75, 3.05) is 19.6 Å². The third-order valence-electron chi connectivity index (χ3n) is 2.22. The van der Waals surface area contributed by atoms with Gasteiger partial charge in [0.2, 0.25) is 11.8 Å². The van der Waals surface area contributed by atoms with E-state index in [2.05, 4.69) is 4.98 Å². The van der Waals surface area contributed by atoms with Crippen molar-refractivity contribution in [3.05, 3.63) is 18.2 Å². The number of aromatic nitrogens is 2. The lowest BCUT2D eigenvalue weighted by Gasteiger charge is -2.17. The second kappa shape index (κ2) is 6.50. The topological polar surface area (TPSA) is 150 Å². The monoisotopic (exact) mass is 268 g/mol. The van der Waals surface area contributed by atoms with Gasteiger partial charge in [-0.1, -0.05) is 0 Å². The average molecular weight is 268 g/mol. The Balaban J connectivity index is 2.84. The third-order valence-corrected chi connectivity index (χ3v) is 2.22. The van der Waals surface area contributed by atoms with Gasteiger partial charge in [-0.25, -0.2) is 4.98 Å². The summed E-state index contributed by atoms with van der Waals surface area (Å²) in [5.74, 6) is -2.07. The van der Waals surface area contributed by atoms with Crippen molar-refractivity contribution in [3.8, 4) is 0 Å². The van der Waals surface area contributed by atoms with Gasteiger partial charge in [-0.05, 0) is 0 Å². The molecule has 0 atom stereocenters. The molecule has 1 aromatic heterocycles. The van der Waals surface area contributed by atoms with E-state index in [0.29, 0.717) is 13.1 Å². The van der Waals surface area contributed by atoms with Crippen molar-refractivity contribution in [2.45, 2.75) is 6.54 Å². The van der Waals surface area contributed by atoms with E-state index in [1.165, 1.54) is 12.5 Å². The fourth-order valence-corrected chi connectivity index (χ4v) is 1.48. The Morgan fingerprint density at radius 2 is 1.79 bits per heavy atom. The molecule has 0 fully saturated rings. The summed E-state index contributed by atoms with van der Waals surface area (Å²) in [6.07, 6.45) is 2.91. The summed E-state index contributed by atoms with van der Waals surface area (Å²) >= 11 is 0. The van der Waals surface area contributed by atoms with Crippen LogP contribution in [-0.4, -0.2) is 51.8 Å². The van der Waals surface area contributed by atoms with E-state index in [9.17, 15) is 14.4 Å². The maximum Gasteiger partial charge on any atom is 0.274 e. The predicted octanol–water partition coefficient (Wildman–Crippen LogP) is -2.75. The van der Waals surface area contributed by atoms with Crippen LogP contribution in [0.2, 0.25) is 0 Å². The molecule has 6 N–H and O–H groups in total. The van der Waals surface area contributed by atoms with Crippen molar-refractivity contribution in [2.24, 2.45) is 17.2 Å². The van der Waals surface area contributed by atoms with E-state index in [0.717, 1.165) is 4.90 Å². The second-order valence-corrected chi connectivity index (χ2v) is 3.88. The van der Waals surface area contributed by atoms with E-state index < -0.39 is 30.8 Å². The van der Waals surface area contributed by atoms with Crippen LogP contribution in [0, 0.1) is 0 Å². The first-order valence-corrected chi connectivity index (χ1v) is 5.51. The van der Waals surface area contributed by atoms with Crippen molar-refractivity contribution in [1.29, 1.82) is 0 Å². The van der Waals surface area contributed by atoms with Crippen molar-refractivity contribution < 1.29 is 14.4 Å². The van der Waals surface area contributed by atoms with Gasteiger partial charge in [0.05, 0.1) is 6.33 Å². The molecule has 0 spiro atoms. The maximum atomic E-state index is 12.0. The number of imidazole rings is 1. The Morgan fingerprint density at radius 3 is 2.26 bits per heavy atom. The molecule has 0 saturated carbocycles. The van der Waals surface area contributed by atoms with Crippen LogP contribution in [0.5, 0.6) is 0 Å². The second-order valence-electron chi connectivity index (χ2n) is 3.88. The van der Waals surface area contributed by atoms with Gasteiger partial charge in [-0.3, -0.25) is 14.4 Å². The molecule has 19 heavy (non-hydrogen) atoms. The highest BCUT2D eigenvalue weighted by Crippen LogP contribution is 2.02. The molecule has 0 bridgehead atoms. The van der Waals surface area contributed by atoms with Gasteiger partial charge in [0.15, 0.2) is 0 Å². The lowest BCUT2D eigenvalue weighted by molar-refractivity contribution is -0.121. The molecule has 0 radical (unpaired) electrons. The lowest BCUT2D eigenvalue weighted by Crippen LogP contribution is -2.43. The first kappa shape index (κ1) is 14.6. The lowest BCUT2D eigenvalue weighted by atomic mass is 10.3. The zero-order chi connectivity index (χ0) is 14.4. The Hall–Kier alpha value is -2.42. The summed E-state index contributed by atoms with van der Waals surface area (Å²) < 4.78 is 1.62. The summed E-state index contributed by atoms with van der Waals surface area (Å²) in [6, 6.07) is 0. The first-order valence-electron chi connectivity index (χ1n) is 5.51. The van der Waals surface area contributed by atoms with Crippen LogP contribution in [0.1, 0.15) is 10.5 Å². The SMILES string of the molecule is NCCn1cnc(C(=O)N(CC(N)=O)CC(N)=O)c1. The first-order chi connectivity index (χ1) is 8.93. The molecule has 0 aromatic carbocycles. The van der Waals surface area contributed by atoms with E-state index in [4.69, 9.17) is 17.2 Å². The summed E-state index contributed by atoms with van der Waals surface area (Å²) in [5.41, 5.74) is 15.5. The molecule has 9 heteroatoms. The van der Waals surface area contributed by atoms with Gasteiger partial charge in [0, 0.05) is 19.3 Å². The molecule has 0 aliphatic rings. The molecule has 3 amide bonds. The van der Waals surface area contributed by atoms with Crippen LogP contribution in [0.4, 0.5) is 0 Å². The Kier molecular flexibility index (Phi) is 5.01. The quantitative estimate of drug-likeness (QED) is 0.490. The fraction of sp³-hybridized carbons (Fsp3) is 0.400.